The highest BCUT2D eigenvalue weighted by Crippen LogP contribution is 2.52. The number of rotatable bonds is 1. The predicted molar refractivity (Wildman–Crippen MR) is 41.1 cm³/mol. The lowest BCUT2D eigenvalue weighted by atomic mass is 9.88. The summed E-state index contributed by atoms with van der Waals surface area (Å²) < 4.78 is 0. The van der Waals surface area contributed by atoms with Crippen LogP contribution in [0.3, 0.4) is 0 Å². The minimum Gasteiger partial charge on any atom is -0.481 e. The number of carbonyl (C=O) groups is 1. The fraction of sp³-hybridized carbons (Fsp3) is 0.778. The van der Waals surface area contributed by atoms with Crippen molar-refractivity contribution in [1.29, 1.82) is 5.26 Å². The Balaban J connectivity index is 2.19. The van der Waals surface area contributed by atoms with Crippen LogP contribution >= 0.6 is 0 Å². The maximum absolute atomic E-state index is 10.7. The first-order chi connectivity index (χ1) is 5.74. The molecule has 2 rings (SSSR count). The third-order valence-electron chi connectivity index (χ3n) is 3.38. The number of carboxylic acid groups (broad SMARTS) is 1. The van der Waals surface area contributed by atoms with E-state index in [0.29, 0.717) is 5.92 Å². The van der Waals surface area contributed by atoms with Gasteiger partial charge in [0.15, 0.2) is 0 Å². The van der Waals surface area contributed by atoms with Crippen LogP contribution in [0.1, 0.15) is 19.3 Å². The molecule has 2 saturated carbocycles. The Hall–Kier alpha value is -1.04. The smallest absolute Gasteiger partial charge is 0.306 e. The van der Waals surface area contributed by atoms with Gasteiger partial charge in [-0.05, 0) is 31.1 Å². The molecule has 3 nitrogen and oxygen atoms in total. The van der Waals surface area contributed by atoms with Gasteiger partial charge in [0.25, 0.3) is 0 Å². The van der Waals surface area contributed by atoms with E-state index in [1.807, 2.05) is 0 Å². The highest BCUT2D eigenvalue weighted by atomic mass is 16.4. The number of nitrogens with zero attached hydrogens (tertiary/aromatic N) is 1. The van der Waals surface area contributed by atoms with E-state index in [4.69, 9.17) is 10.4 Å². The maximum atomic E-state index is 10.7. The van der Waals surface area contributed by atoms with Gasteiger partial charge in [-0.25, -0.2) is 0 Å². The van der Waals surface area contributed by atoms with Crippen LogP contribution in [0.5, 0.6) is 0 Å². The van der Waals surface area contributed by atoms with Gasteiger partial charge in [-0.1, -0.05) is 0 Å². The van der Waals surface area contributed by atoms with Crippen molar-refractivity contribution in [2.24, 2.45) is 23.7 Å². The van der Waals surface area contributed by atoms with Crippen molar-refractivity contribution in [1.82, 2.24) is 0 Å². The van der Waals surface area contributed by atoms with Crippen LogP contribution in [0.25, 0.3) is 0 Å². The maximum Gasteiger partial charge on any atom is 0.306 e. The second-order valence-corrected chi connectivity index (χ2v) is 3.84. The zero-order valence-electron chi connectivity index (χ0n) is 6.73. The molecule has 0 radical (unpaired) electrons. The van der Waals surface area contributed by atoms with E-state index in [0.717, 1.165) is 19.3 Å². The Morgan fingerprint density at radius 1 is 1.50 bits per heavy atom. The van der Waals surface area contributed by atoms with Crippen molar-refractivity contribution in [2.45, 2.75) is 19.3 Å². The molecule has 2 bridgehead atoms. The van der Waals surface area contributed by atoms with E-state index in [-0.39, 0.29) is 17.8 Å². The standard InChI is InChI=1S/C9H11NO2/c10-4-8-5-1-2-6(8)7(3-5)9(11)12/h5-8H,1-3H2,(H,11,12)/t5-,6-,7+,8+/m0/s1. The van der Waals surface area contributed by atoms with Gasteiger partial charge >= 0.3 is 5.97 Å². The first-order valence-electron chi connectivity index (χ1n) is 4.36. The quantitative estimate of drug-likeness (QED) is 0.636. The molecule has 0 heterocycles. The second-order valence-electron chi connectivity index (χ2n) is 3.84. The Bertz CT molecular complexity index is 256. The van der Waals surface area contributed by atoms with E-state index < -0.39 is 5.97 Å². The van der Waals surface area contributed by atoms with E-state index in [9.17, 15) is 4.79 Å². The highest BCUT2D eigenvalue weighted by molar-refractivity contribution is 5.71. The molecule has 0 unspecified atom stereocenters. The van der Waals surface area contributed by atoms with Crippen molar-refractivity contribution in [2.75, 3.05) is 0 Å². The zero-order chi connectivity index (χ0) is 8.72. The molecule has 3 heteroatoms. The fourth-order valence-corrected chi connectivity index (χ4v) is 2.82. The van der Waals surface area contributed by atoms with Gasteiger partial charge in [0.1, 0.15) is 0 Å². The van der Waals surface area contributed by atoms with E-state index >= 15 is 0 Å². The van der Waals surface area contributed by atoms with Crippen LogP contribution in [0, 0.1) is 35.0 Å². The highest BCUT2D eigenvalue weighted by Gasteiger charge is 2.50. The monoisotopic (exact) mass is 165 g/mol. The lowest BCUT2D eigenvalue weighted by Crippen LogP contribution is -2.21. The minimum atomic E-state index is -0.706. The Labute approximate surface area is 71.0 Å². The van der Waals surface area contributed by atoms with Gasteiger partial charge in [-0.15, -0.1) is 0 Å². The van der Waals surface area contributed by atoms with Crippen LogP contribution in [0.15, 0.2) is 0 Å². The summed E-state index contributed by atoms with van der Waals surface area (Å²) in [6, 6.07) is 2.25. The molecule has 12 heavy (non-hydrogen) atoms. The summed E-state index contributed by atoms with van der Waals surface area (Å²) in [6.07, 6.45) is 2.74. The SMILES string of the molecule is N#C[C@@H]1[C@H]2CC[C@H]1[C@H](C(=O)O)C2. The molecular weight excluding hydrogens is 154 g/mol. The molecule has 1 N–H and O–H groups in total. The predicted octanol–water partition coefficient (Wildman–Crippen LogP) is 1.26. The van der Waals surface area contributed by atoms with Crippen LogP contribution < -0.4 is 0 Å². The fourth-order valence-electron chi connectivity index (χ4n) is 2.82. The van der Waals surface area contributed by atoms with E-state index in [2.05, 4.69) is 6.07 Å². The van der Waals surface area contributed by atoms with E-state index in [1.165, 1.54) is 0 Å². The summed E-state index contributed by atoms with van der Waals surface area (Å²) in [7, 11) is 0. The third kappa shape index (κ3) is 0.842. The van der Waals surface area contributed by atoms with Gasteiger partial charge < -0.3 is 5.11 Å². The van der Waals surface area contributed by atoms with Crippen molar-refractivity contribution in [3.63, 3.8) is 0 Å². The number of nitriles is 1. The largest absolute Gasteiger partial charge is 0.481 e. The first-order valence-corrected chi connectivity index (χ1v) is 4.36. The number of hydrogen-bond donors (Lipinski definition) is 1. The summed E-state index contributed by atoms with van der Waals surface area (Å²) in [6.45, 7) is 0. The summed E-state index contributed by atoms with van der Waals surface area (Å²) in [5, 5.41) is 17.6. The van der Waals surface area contributed by atoms with Crippen LogP contribution in [-0.4, -0.2) is 11.1 Å². The molecule has 0 aromatic rings. The Morgan fingerprint density at radius 3 is 2.67 bits per heavy atom. The summed E-state index contributed by atoms with van der Waals surface area (Å²) >= 11 is 0. The lowest BCUT2D eigenvalue weighted by molar-refractivity contribution is -0.143. The van der Waals surface area contributed by atoms with Crippen LogP contribution in [0.2, 0.25) is 0 Å². The molecule has 0 aromatic heterocycles. The van der Waals surface area contributed by atoms with Gasteiger partial charge in [0.2, 0.25) is 0 Å². The van der Waals surface area contributed by atoms with Gasteiger partial charge in [0, 0.05) is 0 Å². The summed E-state index contributed by atoms with van der Waals surface area (Å²) in [5.41, 5.74) is 0. The normalized spacial score (nSPS) is 44.2. The molecule has 0 aliphatic heterocycles. The molecule has 4 atom stereocenters. The zero-order valence-corrected chi connectivity index (χ0v) is 6.73. The van der Waals surface area contributed by atoms with Crippen molar-refractivity contribution < 1.29 is 9.90 Å². The number of carboxylic acids is 1. The molecule has 2 aliphatic carbocycles. The Morgan fingerprint density at radius 2 is 2.25 bits per heavy atom. The average Bonchev–Trinajstić information content (AvgIpc) is 2.59. The lowest BCUT2D eigenvalue weighted by Gasteiger charge is -2.16. The topological polar surface area (TPSA) is 61.1 Å². The molecule has 0 aromatic carbocycles. The number of hydrogen-bond acceptors (Lipinski definition) is 2. The molecule has 0 spiro atoms. The van der Waals surface area contributed by atoms with Crippen molar-refractivity contribution in [3.05, 3.63) is 0 Å². The Kier molecular flexibility index (Phi) is 1.57. The second kappa shape index (κ2) is 2.48. The minimum absolute atomic E-state index is 0.0334. The van der Waals surface area contributed by atoms with Gasteiger partial charge in [-0.3, -0.25) is 4.79 Å². The van der Waals surface area contributed by atoms with E-state index in [1.54, 1.807) is 0 Å². The molecule has 2 fully saturated rings. The first kappa shape index (κ1) is 7.60. The summed E-state index contributed by atoms with van der Waals surface area (Å²) in [5.74, 6) is -0.374. The van der Waals surface area contributed by atoms with Crippen LogP contribution in [-0.2, 0) is 4.79 Å². The van der Waals surface area contributed by atoms with Crippen molar-refractivity contribution >= 4 is 5.97 Å². The van der Waals surface area contributed by atoms with Crippen LogP contribution in [0.4, 0.5) is 0 Å². The number of aliphatic carboxylic acids is 1. The average molecular weight is 165 g/mol. The van der Waals surface area contributed by atoms with Crippen molar-refractivity contribution in [3.8, 4) is 6.07 Å². The molecule has 2 aliphatic rings. The summed E-state index contributed by atoms with van der Waals surface area (Å²) in [4.78, 5) is 10.7. The molecule has 0 saturated heterocycles. The van der Waals surface area contributed by atoms with Gasteiger partial charge in [-0.2, -0.15) is 5.26 Å². The number of fused-ring (bicyclic) bond motifs is 2. The third-order valence-corrected chi connectivity index (χ3v) is 3.38. The molecule has 0 amide bonds. The molecule has 64 valence electrons. The molecular formula is C9H11NO2. The van der Waals surface area contributed by atoms with Gasteiger partial charge in [0.05, 0.1) is 17.9 Å².